The van der Waals surface area contributed by atoms with E-state index >= 15 is 0 Å². The molecule has 2 aliphatic rings. The number of rotatable bonds is 6. The molecule has 1 aromatic carbocycles. The summed E-state index contributed by atoms with van der Waals surface area (Å²) in [5.41, 5.74) is 0.720. The Morgan fingerprint density at radius 3 is 2.48 bits per heavy atom. The zero-order valence-corrected chi connectivity index (χ0v) is 15.6. The summed E-state index contributed by atoms with van der Waals surface area (Å²) >= 11 is 0. The van der Waals surface area contributed by atoms with Crippen molar-refractivity contribution in [3.8, 4) is 0 Å². The van der Waals surface area contributed by atoms with Gasteiger partial charge >= 0.3 is 0 Å². The van der Waals surface area contributed by atoms with Crippen molar-refractivity contribution in [2.45, 2.75) is 42.5 Å². The molecule has 0 bridgehead atoms. The van der Waals surface area contributed by atoms with E-state index < -0.39 is 10.0 Å². The minimum atomic E-state index is -3.57. The highest BCUT2D eigenvalue weighted by Crippen LogP contribution is 2.40. The molecule has 0 spiro atoms. The van der Waals surface area contributed by atoms with Gasteiger partial charge in [0.25, 0.3) is 5.91 Å². The van der Waals surface area contributed by atoms with Gasteiger partial charge in [0.2, 0.25) is 10.0 Å². The van der Waals surface area contributed by atoms with Gasteiger partial charge in [0.15, 0.2) is 5.69 Å². The maximum absolute atomic E-state index is 12.5. The van der Waals surface area contributed by atoms with Gasteiger partial charge in [-0.05, 0) is 63.0 Å². The number of anilines is 1. The van der Waals surface area contributed by atoms with Gasteiger partial charge in [-0.15, -0.1) is 0 Å². The van der Waals surface area contributed by atoms with Gasteiger partial charge in [0.05, 0.1) is 4.90 Å². The highest BCUT2D eigenvalue weighted by atomic mass is 32.2. The van der Waals surface area contributed by atoms with Crippen LogP contribution < -0.4 is 15.4 Å². The Morgan fingerprint density at radius 2 is 1.81 bits per heavy atom. The van der Waals surface area contributed by atoms with E-state index in [-0.39, 0.29) is 22.5 Å². The van der Waals surface area contributed by atoms with E-state index in [1.807, 2.05) is 0 Å². The van der Waals surface area contributed by atoms with E-state index in [4.69, 9.17) is 4.52 Å². The van der Waals surface area contributed by atoms with E-state index in [2.05, 4.69) is 20.5 Å². The number of sulfonamides is 1. The molecular weight excluding hydrogens is 368 g/mol. The van der Waals surface area contributed by atoms with Crippen LogP contribution in [0, 0.1) is 0 Å². The molecule has 2 aromatic rings. The standard InChI is InChI=1S/C18H22N4O4S/c23-18(16-11-17(26-21-16)12-1-2-12)20-13-3-5-15(6-4-13)27(24,25)22-14-7-9-19-10-8-14/h3-6,11-12,14,19,22H,1-2,7-10H2,(H,20,23). The van der Waals surface area contributed by atoms with Gasteiger partial charge < -0.3 is 15.2 Å². The second-order valence-corrected chi connectivity index (χ2v) is 8.73. The lowest BCUT2D eigenvalue weighted by Crippen LogP contribution is -2.42. The number of carbonyl (C=O) groups excluding carboxylic acids is 1. The SMILES string of the molecule is O=C(Nc1ccc(S(=O)(=O)NC2CCNCC2)cc1)c1cc(C2CC2)on1. The topological polar surface area (TPSA) is 113 Å². The van der Waals surface area contributed by atoms with Crippen molar-refractivity contribution in [1.29, 1.82) is 0 Å². The predicted octanol–water partition coefficient (Wildman–Crippen LogP) is 1.83. The Hall–Kier alpha value is -2.23. The second-order valence-electron chi connectivity index (χ2n) is 7.01. The van der Waals surface area contributed by atoms with E-state index in [0.717, 1.165) is 44.5 Å². The number of carbonyl (C=O) groups is 1. The molecule has 1 amide bonds. The number of piperidine rings is 1. The molecule has 0 radical (unpaired) electrons. The average molecular weight is 390 g/mol. The van der Waals surface area contributed by atoms with Crippen molar-refractivity contribution in [2.24, 2.45) is 0 Å². The molecule has 1 saturated carbocycles. The van der Waals surface area contributed by atoms with E-state index in [9.17, 15) is 13.2 Å². The maximum Gasteiger partial charge on any atom is 0.277 e. The van der Waals surface area contributed by atoms with Gasteiger partial charge in [0.1, 0.15) is 5.76 Å². The van der Waals surface area contributed by atoms with E-state index in [0.29, 0.717) is 11.6 Å². The van der Waals surface area contributed by atoms with Crippen molar-refractivity contribution in [3.05, 3.63) is 41.8 Å². The molecule has 4 rings (SSSR count). The summed E-state index contributed by atoms with van der Waals surface area (Å²) in [6.45, 7) is 1.62. The fourth-order valence-electron chi connectivity index (χ4n) is 3.10. The third-order valence-electron chi connectivity index (χ3n) is 4.82. The number of nitrogens with zero attached hydrogens (tertiary/aromatic N) is 1. The summed E-state index contributed by atoms with van der Waals surface area (Å²) in [6.07, 6.45) is 3.68. The quantitative estimate of drug-likeness (QED) is 0.694. The van der Waals surface area contributed by atoms with Crippen molar-refractivity contribution < 1.29 is 17.7 Å². The zero-order chi connectivity index (χ0) is 18.9. The Kier molecular flexibility index (Phi) is 4.98. The van der Waals surface area contributed by atoms with E-state index in [1.165, 1.54) is 12.1 Å². The van der Waals surface area contributed by atoms with Crippen LogP contribution in [0.4, 0.5) is 5.69 Å². The number of nitrogens with one attached hydrogen (secondary N) is 3. The van der Waals surface area contributed by atoms with Gasteiger partial charge in [-0.3, -0.25) is 4.79 Å². The number of hydrogen-bond acceptors (Lipinski definition) is 6. The summed E-state index contributed by atoms with van der Waals surface area (Å²) in [6, 6.07) is 7.71. The van der Waals surface area contributed by atoms with Crippen molar-refractivity contribution in [2.75, 3.05) is 18.4 Å². The normalized spacial score (nSPS) is 18.4. The average Bonchev–Trinajstić information content (AvgIpc) is 3.39. The number of benzene rings is 1. The molecule has 27 heavy (non-hydrogen) atoms. The van der Waals surface area contributed by atoms with Gasteiger partial charge in [-0.1, -0.05) is 5.16 Å². The monoisotopic (exact) mass is 390 g/mol. The third-order valence-corrected chi connectivity index (χ3v) is 6.36. The molecule has 3 N–H and O–H groups in total. The molecule has 0 atom stereocenters. The molecule has 8 nitrogen and oxygen atoms in total. The highest BCUT2D eigenvalue weighted by Gasteiger charge is 2.29. The fourth-order valence-corrected chi connectivity index (χ4v) is 4.40. The van der Waals surface area contributed by atoms with Crippen LogP contribution in [-0.2, 0) is 10.0 Å². The molecule has 1 saturated heterocycles. The van der Waals surface area contributed by atoms with Gasteiger partial charge in [0, 0.05) is 23.7 Å². The van der Waals surface area contributed by atoms with Crippen LogP contribution in [0.25, 0.3) is 0 Å². The van der Waals surface area contributed by atoms with Crippen molar-refractivity contribution in [3.63, 3.8) is 0 Å². The molecule has 2 fully saturated rings. The lowest BCUT2D eigenvalue weighted by atomic mass is 10.1. The second kappa shape index (κ2) is 7.41. The molecule has 1 aliphatic carbocycles. The predicted molar refractivity (Wildman–Crippen MR) is 99.1 cm³/mol. The van der Waals surface area contributed by atoms with Crippen molar-refractivity contribution in [1.82, 2.24) is 15.2 Å². The minimum absolute atomic E-state index is 0.0524. The third kappa shape index (κ3) is 4.37. The molecule has 2 heterocycles. The first-order chi connectivity index (χ1) is 13.0. The minimum Gasteiger partial charge on any atom is -0.360 e. The number of aromatic nitrogens is 1. The maximum atomic E-state index is 12.5. The Bertz CT molecular complexity index is 913. The van der Waals surface area contributed by atoms with Crippen LogP contribution in [0.3, 0.4) is 0 Å². The molecule has 9 heteroatoms. The lowest BCUT2D eigenvalue weighted by Gasteiger charge is -2.23. The molecule has 1 aliphatic heterocycles. The first-order valence-corrected chi connectivity index (χ1v) is 10.6. The van der Waals surface area contributed by atoms with Crippen molar-refractivity contribution >= 4 is 21.6 Å². The molecule has 144 valence electrons. The van der Waals surface area contributed by atoms with Crippen LogP contribution in [-0.4, -0.2) is 38.6 Å². The largest absolute Gasteiger partial charge is 0.360 e. The van der Waals surface area contributed by atoms with Crippen LogP contribution in [0.1, 0.15) is 47.8 Å². The summed E-state index contributed by atoms with van der Waals surface area (Å²) in [7, 11) is -3.57. The molecule has 1 aromatic heterocycles. The van der Waals surface area contributed by atoms with Gasteiger partial charge in [-0.2, -0.15) is 0 Å². The molecular formula is C18H22N4O4S. The first kappa shape index (κ1) is 18.1. The highest BCUT2D eigenvalue weighted by molar-refractivity contribution is 7.89. The Balaban J connectivity index is 1.39. The number of hydrogen-bond donors (Lipinski definition) is 3. The fraction of sp³-hybridized carbons (Fsp3) is 0.444. The lowest BCUT2D eigenvalue weighted by molar-refractivity contribution is 0.101. The summed E-state index contributed by atoms with van der Waals surface area (Å²) in [4.78, 5) is 12.4. The van der Waals surface area contributed by atoms with Crippen LogP contribution in [0.2, 0.25) is 0 Å². The molecule has 0 unspecified atom stereocenters. The van der Waals surface area contributed by atoms with Gasteiger partial charge in [-0.25, -0.2) is 13.1 Å². The summed E-state index contributed by atoms with van der Waals surface area (Å²) < 4.78 is 32.9. The smallest absolute Gasteiger partial charge is 0.277 e. The van der Waals surface area contributed by atoms with Crippen LogP contribution >= 0.6 is 0 Å². The Labute approximate surface area is 157 Å². The number of amides is 1. The van der Waals surface area contributed by atoms with E-state index in [1.54, 1.807) is 18.2 Å². The summed E-state index contributed by atoms with van der Waals surface area (Å²) in [5, 5.41) is 9.71. The zero-order valence-electron chi connectivity index (χ0n) is 14.8. The first-order valence-electron chi connectivity index (χ1n) is 9.12. The van der Waals surface area contributed by atoms with Crippen LogP contribution in [0.15, 0.2) is 39.8 Å². The summed E-state index contributed by atoms with van der Waals surface area (Å²) in [5.74, 6) is 0.746. The Morgan fingerprint density at radius 1 is 1.11 bits per heavy atom. The van der Waals surface area contributed by atoms with Crippen LogP contribution in [0.5, 0.6) is 0 Å².